The standard InChI is InChI=1S/C14H23NO2/c16-11-13-12-9-7-5-3-1-2-4-6-8-10-14(12)17-15-13/h16H,1-11H2. The van der Waals surface area contributed by atoms with Gasteiger partial charge in [-0.05, 0) is 19.3 Å². The summed E-state index contributed by atoms with van der Waals surface area (Å²) in [6, 6.07) is 0. The summed E-state index contributed by atoms with van der Waals surface area (Å²) in [5.74, 6) is 1.02. The predicted molar refractivity (Wildman–Crippen MR) is 66.8 cm³/mol. The first-order valence-corrected chi connectivity index (χ1v) is 6.99. The molecule has 1 aromatic rings. The molecule has 0 atom stereocenters. The Labute approximate surface area is 103 Å². The van der Waals surface area contributed by atoms with Gasteiger partial charge in [0.2, 0.25) is 0 Å². The molecule has 1 aliphatic rings. The summed E-state index contributed by atoms with van der Waals surface area (Å²) in [4.78, 5) is 0. The van der Waals surface area contributed by atoms with E-state index in [1.54, 1.807) is 0 Å². The molecule has 0 radical (unpaired) electrons. The zero-order valence-corrected chi connectivity index (χ0v) is 10.6. The number of aromatic nitrogens is 1. The normalized spacial score (nSPS) is 19.1. The molecule has 0 aromatic carbocycles. The molecule has 1 aromatic heterocycles. The average Bonchev–Trinajstić information content (AvgIpc) is 2.71. The van der Waals surface area contributed by atoms with E-state index in [4.69, 9.17) is 4.52 Å². The van der Waals surface area contributed by atoms with Crippen LogP contribution in [0, 0.1) is 0 Å². The number of rotatable bonds is 1. The van der Waals surface area contributed by atoms with Gasteiger partial charge in [0.1, 0.15) is 11.5 Å². The van der Waals surface area contributed by atoms with Gasteiger partial charge in [-0.2, -0.15) is 0 Å². The second-order valence-electron chi connectivity index (χ2n) is 5.02. The lowest BCUT2D eigenvalue weighted by atomic mass is 9.98. The van der Waals surface area contributed by atoms with E-state index >= 15 is 0 Å². The van der Waals surface area contributed by atoms with Gasteiger partial charge in [0.25, 0.3) is 0 Å². The van der Waals surface area contributed by atoms with E-state index in [1.165, 1.54) is 56.9 Å². The predicted octanol–water partition coefficient (Wildman–Crippen LogP) is 3.39. The first-order chi connectivity index (χ1) is 8.42. The van der Waals surface area contributed by atoms with Crippen LogP contribution in [0.1, 0.15) is 68.4 Å². The summed E-state index contributed by atoms with van der Waals surface area (Å²) in [6.07, 6.45) is 12.4. The zero-order chi connectivity index (χ0) is 11.9. The van der Waals surface area contributed by atoms with Crippen LogP contribution in [-0.4, -0.2) is 10.3 Å². The zero-order valence-electron chi connectivity index (χ0n) is 10.6. The quantitative estimate of drug-likeness (QED) is 0.814. The Morgan fingerprint density at radius 1 is 0.882 bits per heavy atom. The number of hydrogen-bond donors (Lipinski definition) is 1. The van der Waals surface area contributed by atoms with Gasteiger partial charge in [0.15, 0.2) is 0 Å². The fourth-order valence-corrected chi connectivity index (χ4v) is 2.63. The van der Waals surface area contributed by atoms with Gasteiger partial charge >= 0.3 is 0 Å². The lowest BCUT2D eigenvalue weighted by Gasteiger charge is -2.06. The molecule has 1 N–H and O–H groups in total. The minimum atomic E-state index is 0.0127. The van der Waals surface area contributed by atoms with Crippen molar-refractivity contribution < 1.29 is 9.63 Å². The van der Waals surface area contributed by atoms with E-state index < -0.39 is 0 Å². The van der Waals surface area contributed by atoms with Crippen molar-refractivity contribution in [1.82, 2.24) is 5.16 Å². The van der Waals surface area contributed by atoms with Crippen molar-refractivity contribution in [2.24, 2.45) is 0 Å². The largest absolute Gasteiger partial charge is 0.390 e. The van der Waals surface area contributed by atoms with Gasteiger partial charge in [-0.1, -0.05) is 43.7 Å². The highest BCUT2D eigenvalue weighted by molar-refractivity contribution is 5.23. The summed E-state index contributed by atoms with van der Waals surface area (Å²) in [5.41, 5.74) is 1.95. The van der Waals surface area contributed by atoms with Crippen molar-refractivity contribution in [2.45, 2.75) is 70.8 Å². The van der Waals surface area contributed by atoms with E-state index in [0.29, 0.717) is 0 Å². The van der Waals surface area contributed by atoms with Crippen LogP contribution in [0.3, 0.4) is 0 Å². The summed E-state index contributed by atoms with van der Waals surface area (Å²) < 4.78 is 5.37. The molecular formula is C14H23NO2. The molecule has 0 saturated heterocycles. The number of aryl methyl sites for hydroxylation is 1. The lowest BCUT2D eigenvalue weighted by Crippen LogP contribution is -1.97. The van der Waals surface area contributed by atoms with Gasteiger partial charge in [0, 0.05) is 12.0 Å². The average molecular weight is 237 g/mol. The molecule has 0 unspecified atom stereocenters. The van der Waals surface area contributed by atoms with Crippen molar-refractivity contribution in [2.75, 3.05) is 0 Å². The van der Waals surface area contributed by atoms with Gasteiger partial charge < -0.3 is 9.63 Å². The summed E-state index contributed by atoms with van der Waals surface area (Å²) in [5, 5.41) is 13.2. The molecule has 0 spiro atoms. The highest BCUT2D eigenvalue weighted by Gasteiger charge is 2.14. The van der Waals surface area contributed by atoms with Crippen LogP contribution >= 0.6 is 0 Å². The number of nitrogens with zero attached hydrogens (tertiary/aromatic N) is 1. The lowest BCUT2D eigenvalue weighted by molar-refractivity contribution is 0.264. The summed E-state index contributed by atoms with van der Waals surface area (Å²) >= 11 is 0. The Kier molecular flexibility index (Phi) is 5.05. The van der Waals surface area contributed by atoms with Crippen LogP contribution in [0.4, 0.5) is 0 Å². The molecule has 2 rings (SSSR count). The minimum Gasteiger partial charge on any atom is -0.390 e. The maximum absolute atomic E-state index is 9.25. The van der Waals surface area contributed by atoms with Gasteiger partial charge in [0.05, 0.1) is 6.61 Å². The SMILES string of the molecule is OCc1noc2c1CCCCCCCCCC2. The second kappa shape index (κ2) is 6.80. The van der Waals surface area contributed by atoms with Crippen LogP contribution in [-0.2, 0) is 19.4 Å². The third kappa shape index (κ3) is 3.56. The Bertz CT molecular complexity index is 333. The third-order valence-corrected chi connectivity index (χ3v) is 3.68. The van der Waals surface area contributed by atoms with E-state index in [2.05, 4.69) is 5.16 Å². The molecule has 17 heavy (non-hydrogen) atoms. The Morgan fingerprint density at radius 3 is 2.12 bits per heavy atom. The monoisotopic (exact) mass is 237 g/mol. The number of aliphatic hydroxyl groups is 1. The molecule has 0 saturated carbocycles. The van der Waals surface area contributed by atoms with E-state index in [1.807, 2.05) is 0 Å². The van der Waals surface area contributed by atoms with E-state index in [9.17, 15) is 5.11 Å². The first kappa shape index (κ1) is 12.6. The van der Waals surface area contributed by atoms with E-state index in [-0.39, 0.29) is 6.61 Å². The van der Waals surface area contributed by atoms with Gasteiger partial charge in [-0.25, -0.2) is 0 Å². The molecule has 3 heteroatoms. The minimum absolute atomic E-state index is 0.0127. The highest BCUT2D eigenvalue weighted by atomic mass is 16.5. The van der Waals surface area contributed by atoms with Gasteiger partial charge in [-0.15, -0.1) is 0 Å². The third-order valence-electron chi connectivity index (χ3n) is 3.68. The van der Waals surface area contributed by atoms with Crippen molar-refractivity contribution in [3.8, 4) is 0 Å². The van der Waals surface area contributed by atoms with Crippen LogP contribution in [0.15, 0.2) is 4.52 Å². The molecule has 0 bridgehead atoms. The van der Waals surface area contributed by atoms with Crippen LogP contribution in [0.5, 0.6) is 0 Å². The molecule has 3 nitrogen and oxygen atoms in total. The maximum Gasteiger partial charge on any atom is 0.140 e. The fraction of sp³-hybridized carbons (Fsp3) is 0.786. The topological polar surface area (TPSA) is 46.3 Å². The Hall–Kier alpha value is -0.830. The van der Waals surface area contributed by atoms with Crippen molar-refractivity contribution in [3.63, 3.8) is 0 Å². The van der Waals surface area contributed by atoms with Gasteiger partial charge in [-0.3, -0.25) is 0 Å². The van der Waals surface area contributed by atoms with Crippen molar-refractivity contribution in [3.05, 3.63) is 17.0 Å². The smallest absolute Gasteiger partial charge is 0.140 e. The number of hydrogen-bond acceptors (Lipinski definition) is 3. The second-order valence-corrected chi connectivity index (χ2v) is 5.02. The van der Waals surface area contributed by atoms with Crippen molar-refractivity contribution in [1.29, 1.82) is 0 Å². The Morgan fingerprint density at radius 2 is 1.47 bits per heavy atom. The molecule has 0 amide bonds. The first-order valence-electron chi connectivity index (χ1n) is 6.99. The molecule has 0 fully saturated rings. The molecule has 96 valence electrons. The van der Waals surface area contributed by atoms with Crippen molar-refractivity contribution >= 4 is 0 Å². The summed E-state index contributed by atoms with van der Waals surface area (Å²) in [6.45, 7) is 0.0127. The fourth-order valence-electron chi connectivity index (χ4n) is 2.63. The summed E-state index contributed by atoms with van der Waals surface area (Å²) in [7, 11) is 0. The van der Waals surface area contributed by atoms with Crippen LogP contribution in [0.2, 0.25) is 0 Å². The molecule has 1 aliphatic carbocycles. The molecular weight excluding hydrogens is 214 g/mol. The Balaban J connectivity index is 2.04. The molecule has 0 aliphatic heterocycles. The van der Waals surface area contributed by atoms with Crippen LogP contribution < -0.4 is 0 Å². The number of fused-ring (bicyclic) bond motifs is 1. The number of aliphatic hydroxyl groups excluding tert-OH is 1. The molecule has 1 heterocycles. The van der Waals surface area contributed by atoms with E-state index in [0.717, 1.165) is 24.3 Å². The maximum atomic E-state index is 9.25. The van der Waals surface area contributed by atoms with Crippen LogP contribution in [0.25, 0.3) is 0 Å². The highest BCUT2D eigenvalue weighted by Crippen LogP contribution is 2.22.